The first-order valence-electron chi connectivity index (χ1n) is 4.98. The van der Waals surface area contributed by atoms with Crippen molar-refractivity contribution < 1.29 is 14.3 Å². The number of carbonyl (C=O) groups is 1. The van der Waals surface area contributed by atoms with E-state index in [1.165, 1.54) is 12.3 Å². The van der Waals surface area contributed by atoms with Gasteiger partial charge < -0.3 is 15.8 Å². The molecule has 0 radical (unpaired) electrons. The number of halogens is 2. The van der Waals surface area contributed by atoms with Gasteiger partial charge in [0.05, 0.1) is 10.7 Å². The minimum absolute atomic E-state index is 0.183. The summed E-state index contributed by atoms with van der Waals surface area (Å²) in [5, 5.41) is 8.45. The Morgan fingerprint density at radius 3 is 2.68 bits per heavy atom. The summed E-state index contributed by atoms with van der Waals surface area (Å²) < 4.78 is 13.9. The molecule has 8 heteroatoms. The fourth-order valence-electron chi connectivity index (χ4n) is 1.45. The van der Waals surface area contributed by atoms with Crippen molar-refractivity contribution in [2.45, 2.75) is 0 Å². The monoisotopic (exact) mass is 283 g/mol. The third-order valence-corrected chi connectivity index (χ3v) is 2.76. The molecule has 0 bridgehead atoms. The number of nitrogens with zero attached hydrogens (tertiary/aromatic N) is 1. The Balaban J connectivity index is 2.73. The molecule has 0 aromatic carbocycles. The fraction of sp³-hybridized carbons (Fsp3) is 0. The summed E-state index contributed by atoms with van der Waals surface area (Å²) in [5.74, 6) is -2.37. The number of carboxylic acids is 1. The number of hydrogen-bond donors (Lipinski definition) is 3. The fourth-order valence-corrected chi connectivity index (χ4v) is 1.66. The van der Waals surface area contributed by atoms with Crippen LogP contribution in [0.2, 0.25) is 5.02 Å². The van der Waals surface area contributed by atoms with Gasteiger partial charge in [-0.2, -0.15) is 0 Å². The van der Waals surface area contributed by atoms with Gasteiger partial charge in [-0.25, -0.2) is 14.2 Å². The molecule has 0 saturated carbocycles. The van der Waals surface area contributed by atoms with E-state index in [1.54, 1.807) is 0 Å². The number of aromatic amines is 1. The first-order chi connectivity index (χ1) is 8.91. The van der Waals surface area contributed by atoms with Gasteiger partial charge in [0.2, 0.25) is 5.56 Å². The Morgan fingerprint density at radius 2 is 2.16 bits per heavy atom. The third-order valence-electron chi connectivity index (χ3n) is 2.37. The minimum atomic E-state index is -1.43. The Morgan fingerprint density at radius 1 is 1.47 bits per heavy atom. The second-order valence-corrected chi connectivity index (χ2v) is 3.98. The van der Waals surface area contributed by atoms with Gasteiger partial charge in [-0.15, -0.1) is 0 Å². The van der Waals surface area contributed by atoms with Crippen molar-refractivity contribution in [1.29, 1.82) is 0 Å². The topological polar surface area (TPSA) is 109 Å². The number of nitrogens with two attached hydrogens (primary N) is 1. The van der Waals surface area contributed by atoms with Crippen LogP contribution in [0.3, 0.4) is 0 Å². The first-order valence-corrected chi connectivity index (χ1v) is 5.36. The Kier molecular flexibility index (Phi) is 3.22. The zero-order valence-corrected chi connectivity index (χ0v) is 10.0. The second-order valence-electron chi connectivity index (χ2n) is 3.60. The average Bonchev–Trinajstić information content (AvgIpc) is 2.37. The van der Waals surface area contributed by atoms with Gasteiger partial charge in [0.15, 0.2) is 11.5 Å². The predicted molar refractivity (Wildman–Crippen MR) is 66.6 cm³/mol. The molecule has 2 aromatic heterocycles. The molecule has 98 valence electrons. The average molecular weight is 284 g/mol. The lowest BCUT2D eigenvalue weighted by Crippen LogP contribution is -2.09. The molecular formula is C11H7ClFN3O3. The molecule has 2 heterocycles. The molecule has 0 saturated heterocycles. The van der Waals surface area contributed by atoms with E-state index in [4.69, 9.17) is 22.4 Å². The molecule has 0 aliphatic heterocycles. The molecule has 19 heavy (non-hydrogen) atoms. The summed E-state index contributed by atoms with van der Waals surface area (Å²) in [5.41, 5.74) is 3.85. The number of aromatic nitrogens is 2. The number of carboxylic acid groups (broad SMARTS) is 1. The summed E-state index contributed by atoms with van der Waals surface area (Å²) >= 11 is 5.61. The van der Waals surface area contributed by atoms with Gasteiger partial charge in [0.25, 0.3) is 0 Å². The summed E-state index contributed by atoms with van der Waals surface area (Å²) in [4.78, 5) is 27.8. The lowest BCUT2D eigenvalue weighted by Gasteiger charge is -2.08. The van der Waals surface area contributed by atoms with E-state index < -0.39 is 28.2 Å². The van der Waals surface area contributed by atoms with E-state index in [1.807, 2.05) is 0 Å². The number of pyridine rings is 2. The van der Waals surface area contributed by atoms with Crippen LogP contribution >= 0.6 is 11.6 Å². The maximum atomic E-state index is 13.9. The van der Waals surface area contributed by atoms with Crippen LogP contribution in [0.15, 0.2) is 23.1 Å². The largest absolute Gasteiger partial charge is 0.476 e. The molecule has 0 aliphatic rings. The van der Waals surface area contributed by atoms with Crippen LogP contribution in [0.25, 0.3) is 11.3 Å². The number of anilines is 1. The van der Waals surface area contributed by atoms with Crippen LogP contribution in [0.1, 0.15) is 10.5 Å². The molecule has 4 N–H and O–H groups in total. The van der Waals surface area contributed by atoms with Crippen molar-refractivity contribution in [3.8, 4) is 11.3 Å². The van der Waals surface area contributed by atoms with Crippen molar-refractivity contribution in [3.63, 3.8) is 0 Å². The van der Waals surface area contributed by atoms with E-state index in [0.717, 1.165) is 6.07 Å². The predicted octanol–water partition coefficient (Wildman–Crippen LogP) is 1.51. The van der Waals surface area contributed by atoms with Crippen molar-refractivity contribution >= 4 is 23.3 Å². The van der Waals surface area contributed by atoms with Crippen LogP contribution in [-0.4, -0.2) is 21.0 Å². The molecular weight excluding hydrogens is 277 g/mol. The Hall–Kier alpha value is -2.41. The Labute approximate surface area is 110 Å². The molecule has 0 atom stereocenters. The number of H-pyrrole nitrogens is 1. The highest BCUT2D eigenvalue weighted by atomic mass is 35.5. The molecule has 0 spiro atoms. The van der Waals surface area contributed by atoms with Gasteiger partial charge in [-0.3, -0.25) is 4.79 Å². The highest BCUT2D eigenvalue weighted by molar-refractivity contribution is 6.35. The second kappa shape index (κ2) is 4.69. The normalized spacial score (nSPS) is 10.4. The highest BCUT2D eigenvalue weighted by Crippen LogP contribution is 2.31. The summed E-state index contributed by atoms with van der Waals surface area (Å²) in [6.45, 7) is 0. The van der Waals surface area contributed by atoms with Crippen LogP contribution in [0, 0.1) is 5.82 Å². The van der Waals surface area contributed by atoms with Crippen LogP contribution in [0.5, 0.6) is 0 Å². The van der Waals surface area contributed by atoms with Gasteiger partial charge in [0, 0.05) is 17.8 Å². The van der Waals surface area contributed by atoms with Gasteiger partial charge in [-0.1, -0.05) is 11.6 Å². The zero-order chi connectivity index (χ0) is 14.2. The standard InChI is InChI=1S/C11H7ClFN3O3/c12-6-8(14)7(13)9(16-10(6)11(18)19)4-1-2-5(17)15-3-4/h1-3H,(H2,14,16)(H,15,17)(H,18,19). The lowest BCUT2D eigenvalue weighted by molar-refractivity contribution is 0.0691. The minimum Gasteiger partial charge on any atom is -0.476 e. The maximum Gasteiger partial charge on any atom is 0.356 e. The smallest absolute Gasteiger partial charge is 0.356 e. The molecule has 0 amide bonds. The van der Waals surface area contributed by atoms with Crippen molar-refractivity contribution in [2.75, 3.05) is 5.73 Å². The van der Waals surface area contributed by atoms with E-state index in [9.17, 15) is 14.0 Å². The lowest BCUT2D eigenvalue weighted by atomic mass is 10.1. The quantitative estimate of drug-likeness (QED) is 0.774. The van der Waals surface area contributed by atoms with Crippen molar-refractivity contribution in [1.82, 2.24) is 9.97 Å². The van der Waals surface area contributed by atoms with Gasteiger partial charge >= 0.3 is 5.97 Å². The molecule has 6 nitrogen and oxygen atoms in total. The number of nitrogens with one attached hydrogen (secondary N) is 1. The van der Waals surface area contributed by atoms with E-state index in [0.29, 0.717) is 0 Å². The maximum absolute atomic E-state index is 13.9. The van der Waals surface area contributed by atoms with E-state index in [2.05, 4.69) is 9.97 Å². The summed E-state index contributed by atoms with van der Waals surface area (Å²) in [7, 11) is 0. The summed E-state index contributed by atoms with van der Waals surface area (Å²) in [6.07, 6.45) is 1.20. The third kappa shape index (κ3) is 2.27. The number of nitrogen functional groups attached to an aromatic ring is 1. The van der Waals surface area contributed by atoms with Gasteiger partial charge in [0.1, 0.15) is 5.69 Å². The van der Waals surface area contributed by atoms with Crippen LogP contribution < -0.4 is 11.3 Å². The Bertz CT molecular complexity index is 709. The molecule has 0 aliphatic carbocycles. The SMILES string of the molecule is Nc1c(F)c(-c2ccc(=O)[nH]c2)nc(C(=O)O)c1Cl. The molecule has 0 unspecified atom stereocenters. The van der Waals surface area contributed by atoms with E-state index >= 15 is 0 Å². The molecule has 2 aromatic rings. The summed E-state index contributed by atoms with van der Waals surface area (Å²) in [6, 6.07) is 2.45. The van der Waals surface area contributed by atoms with Crippen molar-refractivity contribution in [3.05, 3.63) is 45.2 Å². The van der Waals surface area contributed by atoms with Crippen LogP contribution in [0.4, 0.5) is 10.1 Å². The number of aromatic carboxylic acids is 1. The molecule has 0 fully saturated rings. The van der Waals surface area contributed by atoms with Crippen LogP contribution in [-0.2, 0) is 0 Å². The number of hydrogen-bond acceptors (Lipinski definition) is 4. The molecule has 2 rings (SSSR count). The highest BCUT2D eigenvalue weighted by Gasteiger charge is 2.21. The zero-order valence-electron chi connectivity index (χ0n) is 9.28. The number of rotatable bonds is 2. The van der Waals surface area contributed by atoms with Gasteiger partial charge in [-0.05, 0) is 6.07 Å². The van der Waals surface area contributed by atoms with Crippen molar-refractivity contribution in [2.24, 2.45) is 0 Å². The first kappa shape index (κ1) is 13.0. The van der Waals surface area contributed by atoms with E-state index in [-0.39, 0.29) is 16.8 Å².